The molecule has 1 heterocycles. The van der Waals surface area contributed by atoms with Gasteiger partial charge in [-0.25, -0.2) is 4.79 Å². The monoisotopic (exact) mass is 371 g/mol. The van der Waals surface area contributed by atoms with E-state index in [1.165, 1.54) is 31.4 Å². The SMILES string of the molecule is CCOC(=O)c1c(SC)nn(S(=O)(=O)c2ccc(OC)cc2)c1N. The standard InChI is InChI=1S/C14H17N3O5S2/c1-4-22-14(18)11-12(15)17(16-13(11)23-3)24(19,20)10-7-5-9(21-2)6-8-10/h5-8H,4,15H2,1-3H3. The van der Waals surface area contributed by atoms with Crippen LogP contribution in [-0.4, -0.2) is 43.5 Å². The third kappa shape index (κ3) is 3.20. The first-order valence-corrected chi connectivity index (χ1v) is 9.52. The Morgan fingerprint density at radius 2 is 1.96 bits per heavy atom. The molecule has 0 radical (unpaired) electrons. The van der Waals surface area contributed by atoms with E-state index in [-0.39, 0.29) is 27.9 Å². The van der Waals surface area contributed by atoms with Gasteiger partial charge in [-0.2, -0.15) is 8.42 Å². The molecule has 0 aliphatic heterocycles. The number of aromatic nitrogens is 2. The van der Waals surface area contributed by atoms with Crippen LogP contribution in [0.4, 0.5) is 5.82 Å². The Labute approximate surface area is 144 Å². The second-order valence-corrected chi connectivity index (χ2v) is 7.08. The van der Waals surface area contributed by atoms with Crippen molar-refractivity contribution in [2.24, 2.45) is 0 Å². The second-order valence-electron chi connectivity index (χ2n) is 4.51. The highest BCUT2D eigenvalue weighted by Crippen LogP contribution is 2.29. The zero-order valence-electron chi connectivity index (χ0n) is 13.3. The van der Waals surface area contributed by atoms with Gasteiger partial charge in [0.05, 0.1) is 18.6 Å². The van der Waals surface area contributed by atoms with Crippen LogP contribution in [0.2, 0.25) is 0 Å². The van der Waals surface area contributed by atoms with Gasteiger partial charge in [0.25, 0.3) is 10.0 Å². The van der Waals surface area contributed by atoms with Crippen LogP contribution < -0.4 is 10.5 Å². The number of rotatable bonds is 6. The van der Waals surface area contributed by atoms with E-state index in [2.05, 4.69) is 5.10 Å². The van der Waals surface area contributed by atoms with Gasteiger partial charge in [0.2, 0.25) is 0 Å². The molecule has 0 aliphatic carbocycles. The number of ether oxygens (including phenoxy) is 2. The fraction of sp³-hybridized carbons (Fsp3) is 0.286. The minimum atomic E-state index is -4.05. The summed E-state index contributed by atoms with van der Waals surface area (Å²) in [4.78, 5) is 12.0. The number of carbonyl (C=O) groups excluding carboxylic acids is 1. The molecule has 0 saturated heterocycles. The van der Waals surface area contributed by atoms with Gasteiger partial charge in [0, 0.05) is 0 Å². The number of nitrogens with zero attached hydrogens (tertiary/aromatic N) is 2. The molecule has 0 atom stereocenters. The summed E-state index contributed by atoms with van der Waals surface area (Å²) in [5.74, 6) is -0.483. The lowest BCUT2D eigenvalue weighted by atomic mass is 10.3. The summed E-state index contributed by atoms with van der Waals surface area (Å²) in [5, 5.41) is 4.14. The quantitative estimate of drug-likeness (QED) is 0.602. The van der Waals surface area contributed by atoms with Gasteiger partial charge in [0.1, 0.15) is 16.3 Å². The molecule has 2 N–H and O–H groups in total. The average molecular weight is 371 g/mol. The van der Waals surface area contributed by atoms with Gasteiger partial charge in [-0.1, -0.05) is 0 Å². The minimum Gasteiger partial charge on any atom is -0.497 e. The van der Waals surface area contributed by atoms with Gasteiger partial charge >= 0.3 is 5.97 Å². The Bertz CT molecular complexity index is 844. The minimum absolute atomic E-state index is 0.0273. The Hall–Kier alpha value is -2.20. The molecular weight excluding hydrogens is 354 g/mol. The van der Waals surface area contributed by atoms with Crippen molar-refractivity contribution < 1.29 is 22.7 Å². The van der Waals surface area contributed by atoms with Crippen molar-refractivity contribution in [3.63, 3.8) is 0 Å². The zero-order valence-corrected chi connectivity index (χ0v) is 15.0. The molecule has 0 amide bonds. The second kappa shape index (κ2) is 7.14. The number of esters is 1. The molecule has 2 aromatic rings. The van der Waals surface area contributed by atoms with Gasteiger partial charge < -0.3 is 15.2 Å². The van der Waals surface area contributed by atoms with E-state index in [1.807, 2.05) is 0 Å². The number of anilines is 1. The number of nitrogen functional groups attached to an aromatic ring is 1. The molecule has 0 bridgehead atoms. The molecule has 0 fully saturated rings. The smallest absolute Gasteiger partial charge is 0.344 e. The first-order valence-electron chi connectivity index (χ1n) is 6.86. The van der Waals surface area contributed by atoms with Crippen LogP contribution in [0.1, 0.15) is 17.3 Å². The lowest BCUT2D eigenvalue weighted by molar-refractivity contribution is 0.0523. The van der Waals surface area contributed by atoms with E-state index >= 15 is 0 Å². The van der Waals surface area contributed by atoms with Crippen molar-refractivity contribution >= 4 is 33.6 Å². The summed E-state index contributed by atoms with van der Waals surface area (Å²) in [6.45, 7) is 1.79. The van der Waals surface area contributed by atoms with Crippen LogP contribution in [0.5, 0.6) is 5.75 Å². The number of thioether (sulfide) groups is 1. The molecule has 1 aromatic carbocycles. The summed E-state index contributed by atoms with van der Waals surface area (Å²) in [5.41, 5.74) is 5.82. The predicted octanol–water partition coefficient (Wildman–Crippen LogP) is 1.61. The Balaban J connectivity index is 2.56. The van der Waals surface area contributed by atoms with Crippen molar-refractivity contribution in [1.82, 2.24) is 9.19 Å². The largest absolute Gasteiger partial charge is 0.497 e. The van der Waals surface area contributed by atoms with Gasteiger partial charge in [-0.15, -0.1) is 20.9 Å². The molecule has 2 rings (SSSR count). The van der Waals surface area contributed by atoms with Crippen molar-refractivity contribution in [3.8, 4) is 5.75 Å². The van der Waals surface area contributed by atoms with Crippen LogP contribution in [0.3, 0.4) is 0 Å². The normalized spacial score (nSPS) is 11.3. The lowest BCUT2D eigenvalue weighted by Crippen LogP contribution is -2.18. The number of carbonyl (C=O) groups is 1. The van der Waals surface area contributed by atoms with Crippen LogP contribution in [-0.2, 0) is 14.8 Å². The van der Waals surface area contributed by atoms with E-state index in [4.69, 9.17) is 15.2 Å². The molecule has 0 spiro atoms. The molecule has 1 aromatic heterocycles. The van der Waals surface area contributed by atoms with Crippen LogP contribution >= 0.6 is 11.8 Å². The fourth-order valence-electron chi connectivity index (χ4n) is 1.96. The van der Waals surface area contributed by atoms with E-state index in [1.54, 1.807) is 13.2 Å². The molecule has 0 unspecified atom stereocenters. The summed E-state index contributed by atoms with van der Waals surface area (Å²) in [6.07, 6.45) is 1.66. The van der Waals surface area contributed by atoms with Gasteiger partial charge in [-0.05, 0) is 37.4 Å². The van der Waals surface area contributed by atoms with E-state index in [0.717, 1.165) is 11.8 Å². The van der Waals surface area contributed by atoms with Crippen LogP contribution in [0.15, 0.2) is 34.2 Å². The maximum absolute atomic E-state index is 12.7. The average Bonchev–Trinajstić information content (AvgIpc) is 2.92. The van der Waals surface area contributed by atoms with E-state index in [9.17, 15) is 13.2 Å². The maximum Gasteiger partial charge on any atom is 0.344 e. The molecule has 10 heteroatoms. The third-order valence-electron chi connectivity index (χ3n) is 3.12. The van der Waals surface area contributed by atoms with E-state index < -0.39 is 16.0 Å². The number of methoxy groups -OCH3 is 1. The van der Waals surface area contributed by atoms with E-state index in [0.29, 0.717) is 9.84 Å². The summed E-state index contributed by atoms with van der Waals surface area (Å²) >= 11 is 1.10. The first kappa shape index (κ1) is 18.1. The van der Waals surface area contributed by atoms with Crippen molar-refractivity contribution in [3.05, 3.63) is 29.8 Å². The van der Waals surface area contributed by atoms with Crippen molar-refractivity contribution in [2.45, 2.75) is 16.8 Å². The highest BCUT2D eigenvalue weighted by Gasteiger charge is 2.29. The Morgan fingerprint density at radius 3 is 2.46 bits per heavy atom. The number of hydrogen-bond donors (Lipinski definition) is 1. The van der Waals surface area contributed by atoms with Gasteiger partial charge in [-0.3, -0.25) is 0 Å². The first-order chi connectivity index (χ1) is 11.4. The fourth-order valence-corrected chi connectivity index (χ4v) is 3.79. The molecule has 130 valence electrons. The molecular formula is C14H17N3O5S2. The van der Waals surface area contributed by atoms with Crippen LogP contribution in [0.25, 0.3) is 0 Å². The summed E-state index contributed by atoms with van der Waals surface area (Å²) in [7, 11) is -2.57. The van der Waals surface area contributed by atoms with Crippen molar-refractivity contribution in [1.29, 1.82) is 0 Å². The predicted molar refractivity (Wildman–Crippen MR) is 90.0 cm³/mol. The number of hydrogen-bond acceptors (Lipinski definition) is 8. The number of benzene rings is 1. The van der Waals surface area contributed by atoms with Crippen LogP contribution in [0, 0.1) is 0 Å². The maximum atomic E-state index is 12.7. The molecule has 24 heavy (non-hydrogen) atoms. The highest BCUT2D eigenvalue weighted by molar-refractivity contribution is 7.98. The van der Waals surface area contributed by atoms with Gasteiger partial charge in [0.15, 0.2) is 5.82 Å². The highest BCUT2D eigenvalue weighted by atomic mass is 32.2. The third-order valence-corrected chi connectivity index (χ3v) is 5.39. The van der Waals surface area contributed by atoms with Crippen molar-refractivity contribution in [2.75, 3.05) is 25.7 Å². The lowest BCUT2D eigenvalue weighted by Gasteiger charge is -2.07. The summed E-state index contributed by atoms with van der Waals surface area (Å²) < 4.78 is 36.0. The molecule has 0 aliphatic rings. The Morgan fingerprint density at radius 1 is 1.33 bits per heavy atom. The molecule has 0 saturated carbocycles. The summed E-state index contributed by atoms with van der Waals surface area (Å²) in [6, 6.07) is 5.76. The number of nitrogens with two attached hydrogens (primary N) is 1. The zero-order chi connectivity index (χ0) is 17.9. The topological polar surface area (TPSA) is 114 Å². The molecule has 8 nitrogen and oxygen atoms in total. The Kier molecular flexibility index (Phi) is 5.40.